The summed E-state index contributed by atoms with van der Waals surface area (Å²) in [6, 6.07) is 0.712. The van der Waals surface area contributed by atoms with E-state index in [9.17, 15) is 14.4 Å². The third-order valence-electron chi connectivity index (χ3n) is 9.91. The molecule has 0 aromatic carbocycles. The molecule has 0 atom stereocenters. The van der Waals surface area contributed by atoms with Gasteiger partial charge in [-0.25, -0.2) is 9.59 Å². The minimum Gasteiger partial charge on any atom is -0.466 e. The fourth-order valence-corrected chi connectivity index (χ4v) is 8.17. The number of amides is 1. The van der Waals surface area contributed by atoms with Crippen molar-refractivity contribution in [1.29, 1.82) is 0 Å². The molecular weight excluding hydrogens is 719 g/mol. The molecule has 0 aromatic heterocycles. The molecule has 0 heterocycles. The van der Waals surface area contributed by atoms with E-state index in [2.05, 4.69) is 11.9 Å². The third kappa shape index (κ3) is 36.1. The highest BCUT2D eigenvalue weighted by molar-refractivity contribution is 6.60. The van der Waals surface area contributed by atoms with Crippen LogP contribution in [-0.4, -0.2) is 87.7 Å². The van der Waals surface area contributed by atoms with E-state index in [1.807, 2.05) is 0 Å². The largest absolute Gasteiger partial charge is 0.500 e. The van der Waals surface area contributed by atoms with Gasteiger partial charge in [0.1, 0.15) is 6.61 Å². The first kappa shape index (κ1) is 53.0. The van der Waals surface area contributed by atoms with Crippen LogP contribution in [-0.2, 0) is 41.8 Å². The summed E-state index contributed by atoms with van der Waals surface area (Å²) in [5.41, 5.74) is 0.359. The number of esters is 2. The number of carbonyl (C=O) groups is 3. The molecule has 0 aliphatic rings. The van der Waals surface area contributed by atoms with Crippen molar-refractivity contribution in [3.63, 3.8) is 0 Å². The van der Waals surface area contributed by atoms with Crippen LogP contribution in [0.1, 0.15) is 180 Å². The second-order valence-corrected chi connectivity index (χ2v) is 17.9. The van der Waals surface area contributed by atoms with Gasteiger partial charge >= 0.3 is 26.8 Å². The number of nitrogens with one attached hydrogen (secondary N) is 1. The monoisotopic (exact) mass is 802 g/mol. The molecule has 0 aliphatic carbocycles. The van der Waals surface area contributed by atoms with Crippen LogP contribution in [0.3, 0.4) is 0 Å². The Morgan fingerprint density at radius 3 is 1.27 bits per heavy atom. The number of hydrogen-bond donors (Lipinski definition) is 1. The van der Waals surface area contributed by atoms with Gasteiger partial charge in [0, 0.05) is 45.9 Å². The average molecular weight is 802 g/mol. The van der Waals surface area contributed by atoms with E-state index in [0.717, 1.165) is 38.5 Å². The lowest BCUT2D eigenvalue weighted by atomic mass is 10.0. The second-order valence-electron chi connectivity index (χ2n) is 14.8. The normalized spacial score (nSPS) is 11.4. The Labute approximate surface area is 337 Å². The van der Waals surface area contributed by atoms with E-state index in [4.69, 9.17) is 32.2 Å². The predicted octanol–water partition coefficient (Wildman–Crippen LogP) is 10.8. The molecule has 0 bridgehead atoms. The number of unbranched alkanes of at least 4 members (excludes halogenated alkanes) is 24. The molecule has 0 saturated carbocycles. The van der Waals surface area contributed by atoms with E-state index >= 15 is 0 Å². The van der Waals surface area contributed by atoms with E-state index in [1.54, 1.807) is 28.3 Å². The first-order valence-corrected chi connectivity index (χ1v) is 23.9. The van der Waals surface area contributed by atoms with Crippen molar-refractivity contribution < 1.29 is 46.6 Å². The quantitative estimate of drug-likeness (QED) is 0.0209. The van der Waals surface area contributed by atoms with Crippen molar-refractivity contribution >= 4 is 26.8 Å². The standard InChI is InChI=1S/C43H83NO10Si/c1-40(2)42(46)53-38-37-51-36-33-44-43(47)54-35-30-27-25-23-21-19-17-15-13-11-9-7-6-8-10-12-14-16-18-20-22-24-26-29-34-52-41(45)32-28-31-39-55(48-3,49-4)50-5/h1,6-39H2,2-5H3,(H,44,47). The maximum absolute atomic E-state index is 12.0. The minimum absolute atomic E-state index is 0.104. The Morgan fingerprint density at radius 2 is 0.873 bits per heavy atom. The molecule has 0 aromatic rings. The van der Waals surface area contributed by atoms with Crippen LogP contribution < -0.4 is 5.32 Å². The number of ether oxygens (including phenoxy) is 4. The van der Waals surface area contributed by atoms with Crippen LogP contribution in [0.25, 0.3) is 0 Å². The molecule has 0 fully saturated rings. The molecule has 0 rings (SSSR count). The minimum atomic E-state index is -2.54. The Morgan fingerprint density at radius 1 is 0.473 bits per heavy atom. The molecule has 1 N–H and O–H groups in total. The van der Waals surface area contributed by atoms with Crippen molar-refractivity contribution in [1.82, 2.24) is 5.32 Å². The molecule has 0 radical (unpaired) electrons. The third-order valence-corrected chi connectivity index (χ3v) is 12.7. The fraction of sp³-hybridized carbons (Fsp3) is 0.884. The van der Waals surface area contributed by atoms with Crippen LogP contribution in [0.15, 0.2) is 12.2 Å². The van der Waals surface area contributed by atoms with Gasteiger partial charge in [-0.05, 0) is 32.6 Å². The highest BCUT2D eigenvalue weighted by Crippen LogP contribution is 2.18. The van der Waals surface area contributed by atoms with Gasteiger partial charge in [-0.3, -0.25) is 4.79 Å². The molecule has 11 nitrogen and oxygen atoms in total. The predicted molar refractivity (Wildman–Crippen MR) is 223 cm³/mol. The maximum atomic E-state index is 12.0. The summed E-state index contributed by atoms with van der Waals surface area (Å²) >= 11 is 0. The first-order chi connectivity index (χ1) is 26.8. The van der Waals surface area contributed by atoms with Gasteiger partial charge in [0.25, 0.3) is 0 Å². The van der Waals surface area contributed by atoms with Crippen LogP contribution in [0.4, 0.5) is 4.79 Å². The number of alkyl carbamates (subject to hydrolysis) is 1. The molecule has 12 heteroatoms. The topological polar surface area (TPSA) is 128 Å². The lowest BCUT2D eigenvalue weighted by Gasteiger charge is -2.24. The zero-order chi connectivity index (χ0) is 40.5. The molecule has 324 valence electrons. The second kappa shape index (κ2) is 40.2. The summed E-state index contributed by atoms with van der Waals surface area (Å²) in [6.45, 7) is 7.23. The Kier molecular flexibility index (Phi) is 38.8. The summed E-state index contributed by atoms with van der Waals surface area (Å²) in [5.74, 6) is -0.531. The molecule has 0 saturated heterocycles. The number of carbonyl (C=O) groups excluding carboxylic acids is 3. The van der Waals surface area contributed by atoms with Crippen molar-refractivity contribution in [2.24, 2.45) is 0 Å². The van der Waals surface area contributed by atoms with Crippen molar-refractivity contribution in [2.75, 3.05) is 60.9 Å². The van der Waals surface area contributed by atoms with E-state index in [0.29, 0.717) is 44.4 Å². The SMILES string of the molecule is C=C(C)C(=O)OCCOCCNC(=O)OCCCCCCCCCCCCCCCCCCCCCCCCCCOC(=O)CCCC[Si](OC)(OC)OC. The summed E-state index contributed by atoms with van der Waals surface area (Å²) in [4.78, 5) is 34.9. The lowest BCUT2D eigenvalue weighted by molar-refractivity contribution is -0.144. The highest BCUT2D eigenvalue weighted by Gasteiger charge is 2.36. The Hall–Kier alpha value is -1.99. The molecule has 0 unspecified atom stereocenters. The Bertz CT molecular complexity index is 910. The van der Waals surface area contributed by atoms with Gasteiger partial charge in [0.2, 0.25) is 0 Å². The average Bonchev–Trinajstić information content (AvgIpc) is 3.18. The summed E-state index contributed by atoms with van der Waals surface area (Å²) in [6.07, 6.45) is 32.7. The number of hydrogen-bond acceptors (Lipinski definition) is 10. The molecule has 0 aliphatic heterocycles. The van der Waals surface area contributed by atoms with Crippen molar-refractivity contribution in [3.8, 4) is 0 Å². The summed E-state index contributed by atoms with van der Waals surface area (Å²) in [5, 5.41) is 2.66. The van der Waals surface area contributed by atoms with Crippen molar-refractivity contribution in [2.45, 2.75) is 186 Å². The van der Waals surface area contributed by atoms with Crippen LogP contribution >= 0.6 is 0 Å². The lowest BCUT2D eigenvalue weighted by Crippen LogP contribution is -2.42. The van der Waals surface area contributed by atoms with Gasteiger partial charge in [-0.2, -0.15) is 0 Å². The van der Waals surface area contributed by atoms with E-state index in [1.165, 1.54) is 128 Å². The van der Waals surface area contributed by atoms with Crippen LogP contribution in [0, 0.1) is 0 Å². The van der Waals surface area contributed by atoms with Gasteiger partial charge in [0.05, 0.1) is 26.4 Å². The molecular formula is C43H83NO10Si. The summed E-state index contributed by atoms with van der Waals surface area (Å²) < 4.78 is 37.1. The highest BCUT2D eigenvalue weighted by atomic mass is 28.4. The van der Waals surface area contributed by atoms with Gasteiger partial charge < -0.3 is 37.5 Å². The van der Waals surface area contributed by atoms with Crippen LogP contribution in [0.5, 0.6) is 0 Å². The smallest absolute Gasteiger partial charge is 0.466 e. The molecule has 55 heavy (non-hydrogen) atoms. The Balaban J connectivity index is 3.24. The summed E-state index contributed by atoms with van der Waals surface area (Å²) in [7, 11) is 2.31. The molecule has 1 amide bonds. The zero-order valence-electron chi connectivity index (χ0n) is 35.8. The fourth-order valence-electron chi connectivity index (χ4n) is 6.38. The van der Waals surface area contributed by atoms with Gasteiger partial charge in [-0.15, -0.1) is 0 Å². The number of rotatable bonds is 42. The zero-order valence-corrected chi connectivity index (χ0v) is 36.8. The maximum Gasteiger partial charge on any atom is 0.500 e. The van der Waals surface area contributed by atoms with Gasteiger partial charge in [-0.1, -0.05) is 148 Å². The van der Waals surface area contributed by atoms with Crippen molar-refractivity contribution in [3.05, 3.63) is 12.2 Å². The molecule has 0 spiro atoms. The van der Waals surface area contributed by atoms with E-state index in [-0.39, 0.29) is 19.2 Å². The van der Waals surface area contributed by atoms with E-state index < -0.39 is 20.9 Å². The first-order valence-electron chi connectivity index (χ1n) is 21.9. The van der Waals surface area contributed by atoms with Gasteiger partial charge in [0.15, 0.2) is 0 Å². The van der Waals surface area contributed by atoms with Crippen LogP contribution in [0.2, 0.25) is 6.04 Å².